The molecule has 2 aromatic carbocycles. The minimum absolute atomic E-state index is 0.120. The van der Waals surface area contributed by atoms with Gasteiger partial charge in [-0.15, -0.1) is 0 Å². The number of fused-ring (bicyclic) bond motifs is 1. The molecule has 110 valence electrons. The zero-order valence-corrected chi connectivity index (χ0v) is 12.4. The van der Waals surface area contributed by atoms with E-state index < -0.39 is 0 Å². The molecule has 0 amide bonds. The Morgan fingerprint density at radius 3 is 3.00 bits per heavy atom. The lowest BCUT2D eigenvalue weighted by Crippen LogP contribution is -2.04. The number of halogens is 1. The molecule has 3 rings (SSSR count). The summed E-state index contributed by atoms with van der Waals surface area (Å²) < 4.78 is 11.3. The average Bonchev–Trinajstić information content (AvgIpc) is 2.95. The van der Waals surface area contributed by atoms with E-state index in [1.54, 1.807) is 6.07 Å². The van der Waals surface area contributed by atoms with Crippen molar-refractivity contribution in [3.05, 3.63) is 58.1 Å². The van der Waals surface area contributed by atoms with Gasteiger partial charge in [-0.05, 0) is 29.3 Å². The summed E-state index contributed by atoms with van der Waals surface area (Å²) in [6.07, 6.45) is 1.79. The highest BCUT2D eigenvalue weighted by atomic mass is 35.5. The molecule has 0 radical (unpaired) electrons. The Morgan fingerprint density at radius 2 is 2.14 bits per heavy atom. The van der Waals surface area contributed by atoms with Crippen LogP contribution >= 0.6 is 11.6 Å². The van der Waals surface area contributed by atoms with Gasteiger partial charge < -0.3 is 14.6 Å². The molecule has 1 aliphatic heterocycles. The van der Waals surface area contributed by atoms with E-state index in [1.165, 1.54) is 11.1 Å². The topological polar surface area (TPSA) is 38.7 Å². The van der Waals surface area contributed by atoms with Crippen LogP contribution in [-0.4, -0.2) is 18.3 Å². The summed E-state index contributed by atoms with van der Waals surface area (Å²) in [6.45, 7) is 1.20. The molecule has 0 aromatic heterocycles. The Kier molecular flexibility index (Phi) is 4.32. The molecule has 0 spiro atoms. The Morgan fingerprint density at radius 1 is 1.24 bits per heavy atom. The van der Waals surface area contributed by atoms with Crippen LogP contribution in [-0.2, 0) is 19.4 Å². The van der Waals surface area contributed by atoms with Crippen LogP contribution in [0.1, 0.15) is 16.7 Å². The first-order valence-electron chi connectivity index (χ1n) is 7.03. The van der Waals surface area contributed by atoms with Crippen LogP contribution in [0.25, 0.3) is 0 Å². The van der Waals surface area contributed by atoms with Crippen molar-refractivity contribution in [3.8, 4) is 11.5 Å². The third-order valence-electron chi connectivity index (χ3n) is 3.64. The number of benzene rings is 2. The highest BCUT2D eigenvalue weighted by Gasteiger charge is 2.12. The monoisotopic (exact) mass is 304 g/mol. The van der Waals surface area contributed by atoms with Crippen molar-refractivity contribution in [1.29, 1.82) is 0 Å². The summed E-state index contributed by atoms with van der Waals surface area (Å²) in [7, 11) is 0. The molecule has 0 bridgehead atoms. The highest BCUT2D eigenvalue weighted by molar-refractivity contribution is 6.31. The van der Waals surface area contributed by atoms with Crippen molar-refractivity contribution in [2.75, 3.05) is 13.2 Å². The lowest BCUT2D eigenvalue weighted by molar-refractivity contribution is 0.264. The van der Waals surface area contributed by atoms with Crippen LogP contribution in [0.15, 0.2) is 36.4 Å². The van der Waals surface area contributed by atoms with Crippen LogP contribution in [0.4, 0.5) is 0 Å². The van der Waals surface area contributed by atoms with Crippen molar-refractivity contribution in [2.24, 2.45) is 0 Å². The summed E-state index contributed by atoms with van der Waals surface area (Å²) in [5.74, 6) is 1.64. The average molecular weight is 305 g/mol. The first-order valence-corrected chi connectivity index (χ1v) is 7.41. The second-order valence-corrected chi connectivity index (χ2v) is 5.42. The number of hydrogen-bond acceptors (Lipinski definition) is 3. The number of aliphatic hydroxyl groups is 1. The summed E-state index contributed by atoms with van der Waals surface area (Å²) in [5.41, 5.74) is 3.14. The first-order chi connectivity index (χ1) is 10.3. The van der Waals surface area contributed by atoms with E-state index in [1.807, 2.05) is 18.2 Å². The molecule has 0 aliphatic carbocycles. The first kappa shape index (κ1) is 14.2. The normalized spacial score (nSPS) is 12.9. The fraction of sp³-hybridized carbons (Fsp3) is 0.294. The fourth-order valence-corrected chi connectivity index (χ4v) is 2.73. The van der Waals surface area contributed by atoms with Crippen LogP contribution < -0.4 is 9.47 Å². The number of aliphatic hydroxyl groups excluding tert-OH is 1. The van der Waals surface area contributed by atoms with Crippen LogP contribution in [0.3, 0.4) is 0 Å². The molecule has 1 aliphatic rings. The quantitative estimate of drug-likeness (QED) is 0.920. The van der Waals surface area contributed by atoms with Gasteiger partial charge in [0.05, 0.1) is 19.8 Å². The van der Waals surface area contributed by atoms with Crippen molar-refractivity contribution in [1.82, 2.24) is 0 Å². The predicted octanol–water partition coefficient (Wildman–Crippen LogP) is 3.39. The molecule has 0 atom stereocenters. The second kappa shape index (κ2) is 6.37. The van der Waals surface area contributed by atoms with Gasteiger partial charge in [0.2, 0.25) is 0 Å². The summed E-state index contributed by atoms with van der Waals surface area (Å²) in [5, 5.41) is 9.88. The van der Waals surface area contributed by atoms with Crippen LogP contribution in [0.5, 0.6) is 11.5 Å². The molecule has 0 saturated carbocycles. The van der Waals surface area contributed by atoms with Crippen molar-refractivity contribution in [2.45, 2.75) is 19.4 Å². The van der Waals surface area contributed by atoms with Gasteiger partial charge in [-0.3, -0.25) is 0 Å². The van der Waals surface area contributed by atoms with E-state index in [0.29, 0.717) is 22.9 Å². The predicted molar refractivity (Wildman–Crippen MR) is 82.2 cm³/mol. The van der Waals surface area contributed by atoms with Gasteiger partial charge in [-0.25, -0.2) is 0 Å². The molecule has 0 unspecified atom stereocenters. The molecule has 0 saturated heterocycles. The summed E-state index contributed by atoms with van der Waals surface area (Å²) >= 11 is 6.04. The summed E-state index contributed by atoms with van der Waals surface area (Å²) in [4.78, 5) is 0. The molecular formula is C17H17ClO3. The minimum atomic E-state index is -0.120. The van der Waals surface area contributed by atoms with Crippen molar-refractivity contribution in [3.63, 3.8) is 0 Å². The van der Waals surface area contributed by atoms with Crippen molar-refractivity contribution < 1.29 is 14.6 Å². The van der Waals surface area contributed by atoms with Gasteiger partial charge in [-0.2, -0.15) is 0 Å². The molecule has 4 heteroatoms. The molecule has 1 N–H and O–H groups in total. The fourth-order valence-electron chi connectivity index (χ4n) is 2.50. The standard InChI is InChI=1S/C17H17ClO3/c18-15-2-1-3-17(14(15)11-19)21-8-6-12-4-5-16-13(10-12)7-9-20-16/h1-5,10,19H,6-9,11H2. The lowest BCUT2D eigenvalue weighted by atomic mass is 10.1. The maximum atomic E-state index is 9.34. The largest absolute Gasteiger partial charge is 0.493 e. The number of rotatable bonds is 5. The maximum absolute atomic E-state index is 9.34. The zero-order chi connectivity index (χ0) is 14.7. The SMILES string of the molecule is OCc1c(Cl)cccc1OCCc1ccc2c(c1)CCO2. The number of ether oxygens (including phenoxy) is 2. The van der Waals surface area contributed by atoms with E-state index in [4.69, 9.17) is 21.1 Å². The maximum Gasteiger partial charge on any atom is 0.126 e. The smallest absolute Gasteiger partial charge is 0.126 e. The summed E-state index contributed by atoms with van der Waals surface area (Å²) in [6, 6.07) is 11.7. The third kappa shape index (κ3) is 3.14. The Balaban J connectivity index is 1.63. The van der Waals surface area contributed by atoms with E-state index in [-0.39, 0.29) is 6.61 Å². The van der Waals surface area contributed by atoms with Gasteiger partial charge in [0, 0.05) is 23.4 Å². The third-order valence-corrected chi connectivity index (χ3v) is 3.99. The van der Waals surface area contributed by atoms with E-state index >= 15 is 0 Å². The Hall–Kier alpha value is -1.71. The van der Waals surface area contributed by atoms with E-state index in [9.17, 15) is 5.11 Å². The molecule has 1 heterocycles. The minimum Gasteiger partial charge on any atom is -0.493 e. The van der Waals surface area contributed by atoms with Crippen LogP contribution in [0, 0.1) is 0 Å². The van der Waals surface area contributed by atoms with Gasteiger partial charge in [0.25, 0.3) is 0 Å². The van der Waals surface area contributed by atoms with Crippen molar-refractivity contribution >= 4 is 11.6 Å². The van der Waals surface area contributed by atoms with Gasteiger partial charge >= 0.3 is 0 Å². The van der Waals surface area contributed by atoms with E-state index in [0.717, 1.165) is 25.2 Å². The highest BCUT2D eigenvalue weighted by Crippen LogP contribution is 2.28. The van der Waals surface area contributed by atoms with Crippen LogP contribution in [0.2, 0.25) is 5.02 Å². The molecule has 2 aromatic rings. The molecule has 21 heavy (non-hydrogen) atoms. The Bertz CT molecular complexity index is 640. The van der Waals surface area contributed by atoms with Gasteiger partial charge in [-0.1, -0.05) is 29.8 Å². The van der Waals surface area contributed by atoms with E-state index in [2.05, 4.69) is 12.1 Å². The second-order valence-electron chi connectivity index (χ2n) is 5.01. The zero-order valence-electron chi connectivity index (χ0n) is 11.6. The lowest BCUT2D eigenvalue weighted by Gasteiger charge is -2.11. The number of hydrogen-bond donors (Lipinski definition) is 1. The van der Waals surface area contributed by atoms with Gasteiger partial charge in [0.15, 0.2) is 0 Å². The molecular weight excluding hydrogens is 288 g/mol. The molecule has 3 nitrogen and oxygen atoms in total. The Labute approximate surface area is 129 Å². The van der Waals surface area contributed by atoms with Gasteiger partial charge in [0.1, 0.15) is 11.5 Å². The molecule has 0 fully saturated rings.